The fourth-order valence-electron chi connectivity index (χ4n) is 1.39. The predicted octanol–water partition coefficient (Wildman–Crippen LogP) is 1.76. The molecule has 0 amide bonds. The van der Waals surface area contributed by atoms with E-state index in [-0.39, 0.29) is 0 Å². The molecule has 0 bridgehead atoms. The number of nitrogens with zero attached hydrogens (tertiary/aromatic N) is 4. The third kappa shape index (κ3) is 1.48. The molecular weight excluding hydrogens is 188 g/mol. The summed E-state index contributed by atoms with van der Waals surface area (Å²) in [6.45, 7) is 3.89. The summed E-state index contributed by atoms with van der Waals surface area (Å²) in [5.74, 6) is 0.637. The van der Waals surface area contributed by atoms with Crippen molar-refractivity contribution in [2.45, 2.75) is 13.8 Å². The SMILES string of the molecule is Cc1ncn(-c2ncccc2C#N)c1C. The number of aromatic nitrogens is 3. The highest BCUT2D eigenvalue weighted by atomic mass is 15.1. The molecule has 4 nitrogen and oxygen atoms in total. The van der Waals surface area contributed by atoms with Gasteiger partial charge in [0.25, 0.3) is 0 Å². The zero-order valence-corrected chi connectivity index (χ0v) is 8.60. The Morgan fingerprint density at radius 2 is 2.13 bits per heavy atom. The van der Waals surface area contributed by atoms with E-state index in [2.05, 4.69) is 16.0 Å². The van der Waals surface area contributed by atoms with Gasteiger partial charge in [-0.15, -0.1) is 0 Å². The van der Waals surface area contributed by atoms with Gasteiger partial charge in [0.2, 0.25) is 0 Å². The maximum atomic E-state index is 8.95. The molecule has 2 rings (SSSR count). The lowest BCUT2D eigenvalue weighted by Gasteiger charge is -2.05. The number of nitriles is 1. The lowest BCUT2D eigenvalue weighted by Crippen LogP contribution is -2.01. The average molecular weight is 198 g/mol. The third-order valence-electron chi connectivity index (χ3n) is 2.39. The van der Waals surface area contributed by atoms with Crippen LogP contribution >= 0.6 is 0 Å². The molecule has 0 aliphatic carbocycles. The standard InChI is InChI=1S/C11H10N4/c1-8-9(2)15(7-14-8)11-10(6-12)4-3-5-13-11/h3-5,7H,1-2H3. The molecule has 0 saturated heterocycles. The molecule has 2 aromatic rings. The third-order valence-corrected chi connectivity index (χ3v) is 2.39. The molecule has 0 radical (unpaired) electrons. The van der Waals surface area contributed by atoms with Gasteiger partial charge in [-0.1, -0.05) is 0 Å². The van der Waals surface area contributed by atoms with E-state index >= 15 is 0 Å². The van der Waals surface area contributed by atoms with E-state index in [1.807, 2.05) is 18.4 Å². The van der Waals surface area contributed by atoms with Crippen molar-refractivity contribution in [3.63, 3.8) is 0 Å². The lowest BCUT2D eigenvalue weighted by atomic mass is 10.2. The van der Waals surface area contributed by atoms with Crippen molar-refractivity contribution >= 4 is 0 Å². The number of rotatable bonds is 1. The van der Waals surface area contributed by atoms with Crippen LogP contribution in [0, 0.1) is 25.2 Å². The van der Waals surface area contributed by atoms with Crippen LogP contribution in [0.15, 0.2) is 24.7 Å². The molecule has 0 unspecified atom stereocenters. The van der Waals surface area contributed by atoms with Crippen molar-refractivity contribution in [2.75, 3.05) is 0 Å². The largest absolute Gasteiger partial charge is 0.286 e. The van der Waals surface area contributed by atoms with Gasteiger partial charge in [0.15, 0.2) is 5.82 Å². The topological polar surface area (TPSA) is 54.5 Å². The number of hydrogen-bond acceptors (Lipinski definition) is 3. The molecule has 4 heteroatoms. The van der Waals surface area contributed by atoms with E-state index in [4.69, 9.17) is 5.26 Å². The van der Waals surface area contributed by atoms with Crippen molar-refractivity contribution in [1.82, 2.24) is 14.5 Å². The molecular formula is C11H10N4. The summed E-state index contributed by atoms with van der Waals surface area (Å²) >= 11 is 0. The Morgan fingerprint density at radius 3 is 2.73 bits per heavy atom. The molecule has 15 heavy (non-hydrogen) atoms. The highest BCUT2D eigenvalue weighted by molar-refractivity contribution is 5.44. The fourth-order valence-corrected chi connectivity index (χ4v) is 1.39. The van der Waals surface area contributed by atoms with E-state index in [0.717, 1.165) is 11.4 Å². The van der Waals surface area contributed by atoms with Crippen molar-refractivity contribution in [1.29, 1.82) is 5.26 Å². The van der Waals surface area contributed by atoms with Gasteiger partial charge in [0.1, 0.15) is 12.4 Å². The first-order chi connectivity index (χ1) is 7.24. The molecule has 0 atom stereocenters. The van der Waals surface area contributed by atoms with Crippen LogP contribution in [0.3, 0.4) is 0 Å². The van der Waals surface area contributed by atoms with E-state index in [9.17, 15) is 0 Å². The molecule has 0 aromatic carbocycles. The summed E-state index contributed by atoms with van der Waals surface area (Å²) < 4.78 is 1.83. The minimum atomic E-state index is 0.554. The van der Waals surface area contributed by atoms with Crippen LogP contribution in [0.5, 0.6) is 0 Å². The van der Waals surface area contributed by atoms with Gasteiger partial charge in [-0.05, 0) is 26.0 Å². The summed E-state index contributed by atoms with van der Waals surface area (Å²) in [4.78, 5) is 8.38. The van der Waals surface area contributed by atoms with Crippen LogP contribution in [0.4, 0.5) is 0 Å². The Hall–Kier alpha value is -2.15. The number of imidazole rings is 1. The van der Waals surface area contributed by atoms with Crippen LogP contribution < -0.4 is 0 Å². The van der Waals surface area contributed by atoms with Crippen LogP contribution in [0.2, 0.25) is 0 Å². The zero-order chi connectivity index (χ0) is 10.8. The molecule has 2 heterocycles. The van der Waals surface area contributed by atoms with Crippen LogP contribution in [-0.2, 0) is 0 Å². The van der Waals surface area contributed by atoms with Gasteiger partial charge >= 0.3 is 0 Å². The minimum Gasteiger partial charge on any atom is -0.286 e. The number of hydrogen-bond donors (Lipinski definition) is 0. The van der Waals surface area contributed by atoms with Crippen LogP contribution in [-0.4, -0.2) is 14.5 Å². The Balaban J connectivity index is 2.65. The summed E-state index contributed by atoms with van der Waals surface area (Å²) in [6.07, 6.45) is 3.36. The molecule has 0 aliphatic heterocycles. The minimum absolute atomic E-state index is 0.554. The van der Waals surface area contributed by atoms with Crippen LogP contribution in [0.1, 0.15) is 17.0 Å². The second-order valence-corrected chi connectivity index (χ2v) is 3.27. The van der Waals surface area contributed by atoms with E-state index in [0.29, 0.717) is 11.4 Å². The van der Waals surface area contributed by atoms with E-state index in [1.54, 1.807) is 24.7 Å². The Morgan fingerprint density at radius 1 is 1.33 bits per heavy atom. The highest BCUT2D eigenvalue weighted by Gasteiger charge is 2.09. The predicted molar refractivity (Wildman–Crippen MR) is 55.5 cm³/mol. The zero-order valence-electron chi connectivity index (χ0n) is 8.60. The Labute approximate surface area is 87.8 Å². The smallest absolute Gasteiger partial charge is 0.156 e. The maximum absolute atomic E-state index is 8.95. The Kier molecular flexibility index (Phi) is 2.22. The molecule has 0 fully saturated rings. The number of pyridine rings is 1. The van der Waals surface area contributed by atoms with Gasteiger partial charge in [0, 0.05) is 11.9 Å². The van der Waals surface area contributed by atoms with Gasteiger partial charge < -0.3 is 0 Å². The average Bonchev–Trinajstić information content (AvgIpc) is 2.60. The second-order valence-electron chi connectivity index (χ2n) is 3.27. The monoisotopic (exact) mass is 198 g/mol. The van der Waals surface area contributed by atoms with Gasteiger partial charge in [-0.3, -0.25) is 4.57 Å². The summed E-state index contributed by atoms with van der Waals surface area (Å²) in [5.41, 5.74) is 2.51. The van der Waals surface area contributed by atoms with E-state index < -0.39 is 0 Å². The van der Waals surface area contributed by atoms with Crippen molar-refractivity contribution in [2.24, 2.45) is 0 Å². The molecule has 74 valence electrons. The fraction of sp³-hybridized carbons (Fsp3) is 0.182. The summed E-state index contributed by atoms with van der Waals surface area (Å²) in [6, 6.07) is 5.62. The first kappa shape index (κ1) is 9.41. The van der Waals surface area contributed by atoms with Gasteiger partial charge in [-0.2, -0.15) is 5.26 Å². The first-order valence-corrected chi connectivity index (χ1v) is 4.60. The first-order valence-electron chi connectivity index (χ1n) is 4.60. The highest BCUT2D eigenvalue weighted by Crippen LogP contribution is 2.14. The van der Waals surface area contributed by atoms with Crippen molar-refractivity contribution in [3.05, 3.63) is 41.6 Å². The van der Waals surface area contributed by atoms with Gasteiger partial charge in [0.05, 0.1) is 11.3 Å². The lowest BCUT2D eigenvalue weighted by molar-refractivity contribution is 0.945. The Bertz CT molecular complexity index is 534. The molecule has 0 N–H and O–H groups in total. The summed E-state index contributed by atoms with van der Waals surface area (Å²) in [5, 5.41) is 8.95. The van der Waals surface area contributed by atoms with E-state index in [1.165, 1.54) is 0 Å². The van der Waals surface area contributed by atoms with Crippen molar-refractivity contribution < 1.29 is 0 Å². The second kappa shape index (κ2) is 3.54. The summed E-state index contributed by atoms with van der Waals surface area (Å²) in [7, 11) is 0. The normalized spacial score (nSPS) is 9.93. The molecule has 0 spiro atoms. The molecule has 2 aromatic heterocycles. The molecule has 0 saturated carbocycles. The van der Waals surface area contributed by atoms with Gasteiger partial charge in [-0.25, -0.2) is 9.97 Å². The van der Waals surface area contributed by atoms with Crippen molar-refractivity contribution in [3.8, 4) is 11.9 Å². The maximum Gasteiger partial charge on any atom is 0.156 e. The quantitative estimate of drug-likeness (QED) is 0.701. The number of aryl methyl sites for hydroxylation is 1. The molecule has 0 aliphatic rings. The van der Waals surface area contributed by atoms with Crippen LogP contribution in [0.25, 0.3) is 5.82 Å².